The van der Waals surface area contributed by atoms with Crippen molar-refractivity contribution in [1.29, 1.82) is 0 Å². The first-order valence-electron chi connectivity index (χ1n) is 6.50. The number of hydrogen-bond donors (Lipinski definition) is 1. The van der Waals surface area contributed by atoms with Crippen LogP contribution in [0.15, 0.2) is 18.2 Å². The molecule has 0 spiro atoms. The van der Waals surface area contributed by atoms with Crippen molar-refractivity contribution in [3.63, 3.8) is 0 Å². The van der Waals surface area contributed by atoms with Crippen LogP contribution in [0.1, 0.15) is 18.9 Å². The first-order chi connectivity index (χ1) is 8.66. The Morgan fingerprint density at radius 3 is 3.06 bits per heavy atom. The van der Waals surface area contributed by atoms with Crippen molar-refractivity contribution in [2.24, 2.45) is 5.92 Å². The molecule has 1 N–H and O–H groups in total. The third-order valence-corrected chi connectivity index (χ3v) is 4.01. The van der Waals surface area contributed by atoms with Crippen molar-refractivity contribution < 1.29 is 9.18 Å². The third kappa shape index (κ3) is 1.81. The summed E-state index contributed by atoms with van der Waals surface area (Å²) < 4.78 is 13.3. The number of amides is 1. The lowest BCUT2D eigenvalue weighted by Gasteiger charge is -2.23. The van der Waals surface area contributed by atoms with Crippen LogP contribution in [0.3, 0.4) is 0 Å². The van der Waals surface area contributed by atoms with E-state index in [-0.39, 0.29) is 17.8 Å². The maximum atomic E-state index is 13.3. The van der Waals surface area contributed by atoms with Crippen LogP contribution in [0.2, 0.25) is 0 Å². The molecule has 2 atom stereocenters. The van der Waals surface area contributed by atoms with Crippen LogP contribution in [-0.2, 0) is 11.2 Å². The number of benzene rings is 1. The van der Waals surface area contributed by atoms with Gasteiger partial charge in [0.1, 0.15) is 5.82 Å². The Balaban J connectivity index is 1.87. The van der Waals surface area contributed by atoms with Crippen molar-refractivity contribution in [1.82, 2.24) is 5.32 Å². The smallest absolute Gasteiger partial charge is 0.244 e. The number of rotatable bonds is 1. The minimum Gasteiger partial charge on any atom is -0.310 e. The molecule has 0 aliphatic carbocycles. The molecule has 2 aliphatic heterocycles. The highest BCUT2D eigenvalue weighted by atomic mass is 19.1. The Bertz CT molecular complexity index is 489. The molecule has 0 radical (unpaired) electrons. The molecule has 2 heterocycles. The third-order valence-electron chi connectivity index (χ3n) is 4.01. The van der Waals surface area contributed by atoms with Crippen LogP contribution in [-0.4, -0.2) is 25.0 Å². The molecule has 1 aromatic carbocycles. The average molecular weight is 248 g/mol. The van der Waals surface area contributed by atoms with E-state index in [4.69, 9.17) is 0 Å². The predicted molar refractivity (Wildman–Crippen MR) is 68.0 cm³/mol. The molecule has 1 saturated heterocycles. The van der Waals surface area contributed by atoms with Crippen molar-refractivity contribution >= 4 is 11.6 Å². The zero-order valence-corrected chi connectivity index (χ0v) is 10.4. The summed E-state index contributed by atoms with van der Waals surface area (Å²) in [5.74, 6) is 0.167. The molecular formula is C14H17FN2O. The van der Waals surface area contributed by atoms with Gasteiger partial charge in [-0.15, -0.1) is 0 Å². The van der Waals surface area contributed by atoms with Crippen molar-refractivity contribution in [3.05, 3.63) is 29.6 Å². The van der Waals surface area contributed by atoms with Gasteiger partial charge in [0.25, 0.3) is 0 Å². The highest BCUT2D eigenvalue weighted by Crippen LogP contribution is 2.30. The number of nitrogens with zero attached hydrogens (tertiary/aromatic N) is 1. The molecule has 96 valence electrons. The van der Waals surface area contributed by atoms with Crippen LogP contribution in [0.5, 0.6) is 0 Å². The Morgan fingerprint density at radius 2 is 2.33 bits per heavy atom. The van der Waals surface area contributed by atoms with Gasteiger partial charge in [0, 0.05) is 12.2 Å². The summed E-state index contributed by atoms with van der Waals surface area (Å²) in [4.78, 5) is 14.2. The van der Waals surface area contributed by atoms with Gasteiger partial charge in [0.2, 0.25) is 5.91 Å². The van der Waals surface area contributed by atoms with Crippen LogP contribution >= 0.6 is 0 Å². The second kappa shape index (κ2) is 4.35. The molecule has 4 heteroatoms. The summed E-state index contributed by atoms with van der Waals surface area (Å²) in [6, 6.07) is 4.60. The molecule has 0 saturated carbocycles. The van der Waals surface area contributed by atoms with E-state index in [1.54, 1.807) is 11.0 Å². The maximum absolute atomic E-state index is 13.3. The second-order valence-electron chi connectivity index (χ2n) is 5.21. The van der Waals surface area contributed by atoms with E-state index in [1.807, 2.05) is 0 Å². The van der Waals surface area contributed by atoms with Gasteiger partial charge in [-0.1, -0.05) is 13.0 Å². The van der Waals surface area contributed by atoms with Gasteiger partial charge in [-0.05, 0) is 43.0 Å². The standard InChI is InChI=1S/C14H17FN2O/c1-9-4-6-16-13(9)14(18)17-7-5-10-2-3-11(15)8-12(10)17/h2-3,8-9,13,16H,4-7H2,1H3. The van der Waals surface area contributed by atoms with Crippen molar-refractivity contribution in [2.75, 3.05) is 18.0 Å². The number of carbonyl (C=O) groups excluding carboxylic acids is 1. The van der Waals surface area contributed by atoms with Gasteiger partial charge < -0.3 is 10.2 Å². The van der Waals surface area contributed by atoms with Gasteiger partial charge in [-0.3, -0.25) is 4.79 Å². The Labute approximate surface area is 106 Å². The molecule has 3 rings (SSSR count). The number of fused-ring (bicyclic) bond motifs is 1. The molecule has 3 nitrogen and oxygen atoms in total. The van der Waals surface area contributed by atoms with Gasteiger partial charge in [0.15, 0.2) is 0 Å². The lowest BCUT2D eigenvalue weighted by molar-refractivity contribution is -0.120. The maximum Gasteiger partial charge on any atom is 0.244 e. The van der Waals surface area contributed by atoms with E-state index in [0.717, 1.165) is 30.6 Å². The summed E-state index contributed by atoms with van der Waals surface area (Å²) in [6.45, 7) is 3.65. The second-order valence-corrected chi connectivity index (χ2v) is 5.21. The highest BCUT2D eigenvalue weighted by molar-refractivity contribution is 5.99. The van der Waals surface area contributed by atoms with Crippen LogP contribution < -0.4 is 10.2 Å². The minimum atomic E-state index is -0.277. The van der Waals surface area contributed by atoms with E-state index in [1.165, 1.54) is 12.1 Å². The van der Waals surface area contributed by atoms with Crippen LogP contribution in [0.4, 0.5) is 10.1 Å². The fourth-order valence-corrected chi connectivity index (χ4v) is 2.91. The molecular weight excluding hydrogens is 231 g/mol. The average Bonchev–Trinajstić information content (AvgIpc) is 2.94. The predicted octanol–water partition coefficient (Wildman–Crippen LogP) is 1.71. The first kappa shape index (κ1) is 11.7. The molecule has 0 aromatic heterocycles. The zero-order valence-electron chi connectivity index (χ0n) is 10.4. The number of carbonyl (C=O) groups is 1. The summed E-state index contributed by atoms with van der Waals surface area (Å²) in [5, 5.41) is 3.24. The largest absolute Gasteiger partial charge is 0.310 e. The molecule has 1 fully saturated rings. The summed E-state index contributed by atoms with van der Waals surface area (Å²) >= 11 is 0. The molecule has 18 heavy (non-hydrogen) atoms. The van der Waals surface area contributed by atoms with E-state index in [0.29, 0.717) is 12.5 Å². The van der Waals surface area contributed by atoms with Gasteiger partial charge in [-0.25, -0.2) is 4.39 Å². The topological polar surface area (TPSA) is 32.3 Å². The quantitative estimate of drug-likeness (QED) is 0.820. The summed E-state index contributed by atoms with van der Waals surface area (Å²) in [6.07, 6.45) is 1.85. The van der Waals surface area contributed by atoms with Gasteiger partial charge in [0.05, 0.1) is 6.04 Å². The van der Waals surface area contributed by atoms with Crippen LogP contribution in [0, 0.1) is 11.7 Å². The lowest BCUT2D eigenvalue weighted by atomic mass is 10.0. The fraction of sp³-hybridized carbons (Fsp3) is 0.500. The van der Waals surface area contributed by atoms with E-state index in [2.05, 4.69) is 12.2 Å². The normalized spacial score (nSPS) is 26.4. The number of nitrogens with one attached hydrogen (secondary N) is 1. The van der Waals surface area contributed by atoms with E-state index in [9.17, 15) is 9.18 Å². The van der Waals surface area contributed by atoms with Gasteiger partial charge in [-0.2, -0.15) is 0 Å². The Morgan fingerprint density at radius 1 is 1.50 bits per heavy atom. The van der Waals surface area contributed by atoms with Crippen molar-refractivity contribution in [3.8, 4) is 0 Å². The van der Waals surface area contributed by atoms with Gasteiger partial charge >= 0.3 is 0 Å². The lowest BCUT2D eigenvalue weighted by Crippen LogP contribution is -2.45. The highest BCUT2D eigenvalue weighted by Gasteiger charge is 2.35. The molecule has 1 aromatic rings. The minimum absolute atomic E-state index is 0.0874. The Hall–Kier alpha value is -1.42. The molecule has 1 amide bonds. The summed E-state index contributed by atoms with van der Waals surface area (Å²) in [5.41, 5.74) is 1.82. The van der Waals surface area contributed by atoms with Crippen molar-refractivity contribution in [2.45, 2.75) is 25.8 Å². The number of anilines is 1. The SMILES string of the molecule is CC1CCNC1C(=O)N1CCc2ccc(F)cc21. The zero-order chi connectivity index (χ0) is 12.7. The Kier molecular flexibility index (Phi) is 2.82. The fourth-order valence-electron chi connectivity index (χ4n) is 2.91. The number of halogens is 1. The summed E-state index contributed by atoms with van der Waals surface area (Å²) in [7, 11) is 0. The number of hydrogen-bond acceptors (Lipinski definition) is 2. The van der Waals surface area contributed by atoms with E-state index >= 15 is 0 Å². The first-order valence-corrected chi connectivity index (χ1v) is 6.50. The molecule has 2 unspecified atom stereocenters. The van der Waals surface area contributed by atoms with E-state index < -0.39 is 0 Å². The molecule has 0 bridgehead atoms. The monoisotopic (exact) mass is 248 g/mol. The van der Waals surface area contributed by atoms with Crippen LogP contribution in [0.25, 0.3) is 0 Å². The molecule has 2 aliphatic rings.